The van der Waals surface area contributed by atoms with Gasteiger partial charge in [-0.1, -0.05) is 17.7 Å². The molecular formula is C23H26N2O5. The fraction of sp³-hybridized carbons (Fsp3) is 0.348. The summed E-state index contributed by atoms with van der Waals surface area (Å²) in [5, 5.41) is 12.2. The van der Waals surface area contributed by atoms with Crippen molar-refractivity contribution >= 4 is 29.2 Å². The average molecular weight is 410 g/mol. The van der Waals surface area contributed by atoms with Crippen molar-refractivity contribution in [3.05, 3.63) is 59.2 Å². The van der Waals surface area contributed by atoms with Gasteiger partial charge in [-0.25, -0.2) is 4.79 Å². The number of hydrogen-bond donors (Lipinski definition) is 2. The minimum Gasteiger partial charge on any atom is -0.478 e. The Morgan fingerprint density at radius 1 is 1.13 bits per heavy atom. The van der Waals surface area contributed by atoms with Crippen molar-refractivity contribution in [2.45, 2.75) is 26.7 Å². The second kappa shape index (κ2) is 9.43. The normalized spacial score (nSPS) is 16.1. The van der Waals surface area contributed by atoms with Crippen LogP contribution in [0.5, 0.6) is 0 Å². The topological polar surface area (TPSA) is 95.9 Å². The van der Waals surface area contributed by atoms with Gasteiger partial charge >= 0.3 is 11.9 Å². The molecule has 158 valence electrons. The molecule has 1 unspecified atom stereocenters. The van der Waals surface area contributed by atoms with Crippen molar-refractivity contribution in [2.24, 2.45) is 5.92 Å². The van der Waals surface area contributed by atoms with E-state index in [1.54, 1.807) is 25.1 Å². The van der Waals surface area contributed by atoms with Gasteiger partial charge in [-0.05, 0) is 57.0 Å². The molecular weight excluding hydrogens is 384 g/mol. The Morgan fingerprint density at radius 2 is 1.83 bits per heavy atom. The number of benzene rings is 2. The fourth-order valence-electron chi connectivity index (χ4n) is 3.59. The molecule has 1 atom stereocenters. The molecule has 0 saturated carbocycles. The lowest BCUT2D eigenvalue weighted by Gasteiger charge is -2.34. The molecule has 7 nitrogen and oxygen atoms in total. The second-order valence-electron chi connectivity index (χ2n) is 7.39. The number of esters is 1. The number of amides is 1. The summed E-state index contributed by atoms with van der Waals surface area (Å²) in [5.74, 6) is -1.87. The fourth-order valence-corrected chi connectivity index (χ4v) is 3.59. The number of aryl methyl sites for hydroxylation is 1. The van der Waals surface area contributed by atoms with Crippen molar-refractivity contribution < 1.29 is 24.2 Å². The van der Waals surface area contributed by atoms with Crippen molar-refractivity contribution in [3.63, 3.8) is 0 Å². The zero-order chi connectivity index (χ0) is 21.7. The summed E-state index contributed by atoms with van der Waals surface area (Å²) >= 11 is 0. The highest BCUT2D eigenvalue weighted by molar-refractivity contribution is 6.06. The van der Waals surface area contributed by atoms with Crippen molar-refractivity contribution in [1.82, 2.24) is 0 Å². The van der Waals surface area contributed by atoms with Gasteiger partial charge in [0.15, 0.2) is 0 Å². The molecule has 0 bridgehead atoms. The van der Waals surface area contributed by atoms with Crippen molar-refractivity contribution in [1.29, 1.82) is 0 Å². The molecule has 1 heterocycles. The lowest BCUT2D eigenvalue weighted by Crippen LogP contribution is -2.39. The summed E-state index contributed by atoms with van der Waals surface area (Å²) in [6, 6.07) is 11.8. The number of nitrogens with zero attached hydrogens (tertiary/aromatic N) is 1. The molecule has 7 heteroatoms. The molecule has 1 aliphatic rings. The molecule has 2 aromatic rings. The van der Waals surface area contributed by atoms with Crippen LogP contribution in [0.15, 0.2) is 42.5 Å². The summed E-state index contributed by atoms with van der Waals surface area (Å²) in [6.45, 7) is 5.21. The van der Waals surface area contributed by atoms with Crippen LogP contribution in [0.2, 0.25) is 0 Å². The number of carboxylic acid groups (broad SMARTS) is 1. The number of hydrogen-bond acceptors (Lipinski definition) is 5. The predicted octanol–water partition coefficient (Wildman–Crippen LogP) is 3.73. The summed E-state index contributed by atoms with van der Waals surface area (Å²) in [5.41, 5.74) is 2.70. The molecule has 2 N–H and O–H groups in total. The predicted molar refractivity (Wildman–Crippen MR) is 114 cm³/mol. The van der Waals surface area contributed by atoms with E-state index in [2.05, 4.69) is 5.32 Å². The average Bonchev–Trinajstić information content (AvgIpc) is 2.74. The smallest absolute Gasteiger partial charge is 0.335 e. The second-order valence-corrected chi connectivity index (χ2v) is 7.39. The van der Waals surface area contributed by atoms with Gasteiger partial charge in [0.05, 0.1) is 29.5 Å². The molecule has 1 saturated heterocycles. The van der Waals surface area contributed by atoms with E-state index in [0.717, 1.165) is 18.4 Å². The van der Waals surface area contributed by atoms with Crippen LogP contribution in [0.1, 0.15) is 46.0 Å². The highest BCUT2D eigenvalue weighted by Crippen LogP contribution is 2.32. The largest absolute Gasteiger partial charge is 0.478 e. The first kappa shape index (κ1) is 21.4. The van der Waals surface area contributed by atoms with Crippen LogP contribution in [0.4, 0.5) is 11.4 Å². The van der Waals surface area contributed by atoms with Gasteiger partial charge in [-0.15, -0.1) is 0 Å². The molecule has 2 aromatic carbocycles. The molecule has 1 fully saturated rings. The first-order valence-electron chi connectivity index (χ1n) is 10.1. The Kier molecular flexibility index (Phi) is 6.72. The molecule has 30 heavy (non-hydrogen) atoms. The molecule has 0 aliphatic carbocycles. The van der Waals surface area contributed by atoms with Gasteiger partial charge in [0, 0.05) is 18.7 Å². The third-order valence-electron chi connectivity index (χ3n) is 5.19. The monoisotopic (exact) mass is 410 g/mol. The third-order valence-corrected chi connectivity index (χ3v) is 5.19. The minimum atomic E-state index is -1.07. The first-order valence-corrected chi connectivity index (χ1v) is 10.1. The van der Waals surface area contributed by atoms with Gasteiger partial charge in [0.1, 0.15) is 0 Å². The molecule has 3 rings (SSSR count). The van der Waals surface area contributed by atoms with Gasteiger partial charge in [0.25, 0.3) is 5.91 Å². The van der Waals surface area contributed by atoms with Crippen LogP contribution < -0.4 is 10.2 Å². The van der Waals surface area contributed by atoms with E-state index >= 15 is 0 Å². The maximum atomic E-state index is 12.7. The zero-order valence-corrected chi connectivity index (χ0v) is 17.2. The SMILES string of the molecule is CCOC(=O)C1CCCN(c2ccc(C(=O)O)cc2NC(=O)c2ccc(C)cc2)C1. The van der Waals surface area contributed by atoms with Crippen LogP contribution in [0.3, 0.4) is 0 Å². The number of carbonyl (C=O) groups is 3. The number of nitrogens with one attached hydrogen (secondary N) is 1. The van der Waals surface area contributed by atoms with Crippen LogP contribution >= 0.6 is 0 Å². The quantitative estimate of drug-likeness (QED) is 0.705. The number of ether oxygens (including phenoxy) is 1. The summed E-state index contributed by atoms with van der Waals surface area (Å²) in [7, 11) is 0. The molecule has 0 spiro atoms. The van der Waals surface area contributed by atoms with Crippen molar-refractivity contribution in [2.75, 3.05) is 29.9 Å². The van der Waals surface area contributed by atoms with E-state index in [1.165, 1.54) is 12.1 Å². The van der Waals surface area contributed by atoms with Gasteiger partial charge in [0.2, 0.25) is 0 Å². The minimum absolute atomic E-state index is 0.0805. The van der Waals surface area contributed by atoms with Gasteiger partial charge < -0.3 is 20.1 Å². The van der Waals surface area contributed by atoms with E-state index in [9.17, 15) is 19.5 Å². The molecule has 1 amide bonds. The Labute approximate surface area is 175 Å². The van der Waals surface area contributed by atoms with Gasteiger partial charge in [-0.3, -0.25) is 9.59 Å². The number of anilines is 2. The first-order chi connectivity index (χ1) is 14.4. The number of carboxylic acids is 1. The lowest BCUT2D eigenvalue weighted by molar-refractivity contribution is -0.148. The lowest BCUT2D eigenvalue weighted by atomic mass is 9.97. The van der Waals surface area contributed by atoms with E-state index in [4.69, 9.17) is 4.74 Å². The Balaban J connectivity index is 1.88. The molecule has 0 aromatic heterocycles. The molecule has 0 radical (unpaired) electrons. The molecule has 1 aliphatic heterocycles. The number of aromatic carboxylic acids is 1. The number of piperidine rings is 1. The van der Waals surface area contributed by atoms with Gasteiger partial charge in [-0.2, -0.15) is 0 Å². The Morgan fingerprint density at radius 3 is 2.50 bits per heavy atom. The van der Waals surface area contributed by atoms with E-state index in [-0.39, 0.29) is 23.4 Å². The standard InChI is InChI=1S/C23H26N2O5/c1-3-30-23(29)18-5-4-12-25(14-18)20-11-10-17(22(27)28)13-19(20)24-21(26)16-8-6-15(2)7-9-16/h6-11,13,18H,3-5,12,14H2,1-2H3,(H,24,26)(H,27,28). The zero-order valence-electron chi connectivity index (χ0n) is 17.2. The van der Waals surface area contributed by atoms with Crippen molar-refractivity contribution in [3.8, 4) is 0 Å². The highest BCUT2D eigenvalue weighted by Gasteiger charge is 2.28. The highest BCUT2D eigenvalue weighted by atomic mass is 16.5. The van der Waals surface area contributed by atoms with Crippen LogP contribution in [-0.4, -0.2) is 42.6 Å². The summed E-state index contributed by atoms with van der Waals surface area (Å²) < 4.78 is 5.17. The number of rotatable bonds is 6. The van der Waals surface area contributed by atoms with Crippen LogP contribution in [0.25, 0.3) is 0 Å². The Bertz CT molecular complexity index is 939. The maximum absolute atomic E-state index is 12.7. The maximum Gasteiger partial charge on any atom is 0.335 e. The van der Waals surface area contributed by atoms with Crippen LogP contribution in [-0.2, 0) is 9.53 Å². The van der Waals surface area contributed by atoms with E-state index in [1.807, 2.05) is 24.0 Å². The third kappa shape index (κ3) is 4.97. The summed E-state index contributed by atoms with van der Waals surface area (Å²) in [4.78, 5) is 38.4. The number of carbonyl (C=O) groups excluding carboxylic acids is 2. The summed E-state index contributed by atoms with van der Waals surface area (Å²) in [6.07, 6.45) is 1.54. The van der Waals surface area contributed by atoms with E-state index in [0.29, 0.717) is 36.6 Å². The Hall–Kier alpha value is -3.35. The van der Waals surface area contributed by atoms with E-state index < -0.39 is 5.97 Å². The van der Waals surface area contributed by atoms with Crippen LogP contribution in [0, 0.1) is 12.8 Å².